The van der Waals surface area contributed by atoms with Crippen LogP contribution in [0.25, 0.3) is 0 Å². The monoisotopic (exact) mass is 199 g/mol. The van der Waals surface area contributed by atoms with Crippen molar-refractivity contribution in [3.05, 3.63) is 23.1 Å². The van der Waals surface area contributed by atoms with E-state index in [2.05, 4.69) is 12.2 Å². The van der Waals surface area contributed by atoms with E-state index in [9.17, 15) is 0 Å². The van der Waals surface area contributed by atoms with Crippen LogP contribution in [0, 0.1) is 0 Å². The van der Waals surface area contributed by atoms with Crippen LogP contribution in [0.3, 0.4) is 0 Å². The van der Waals surface area contributed by atoms with E-state index in [1.54, 1.807) is 6.07 Å². The highest BCUT2D eigenvalue weighted by Gasteiger charge is 2.30. The molecule has 1 aromatic rings. The van der Waals surface area contributed by atoms with Crippen LogP contribution < -0.4 is 5.32 Å². The summed E-state index contributed by atoms with van der Waals surface area (Å²) in [6.45, 7) is 3.03. The number of rotatable bonds is 3. The topological polar surface area (TPSA) is 25.2 Å². The lowest BCUT2D eigenvalue weighted by atomic mass is 9.78. The van der Waals surface area contributed by atoms with Gasteiger partial charge in [0.25, 0.3) is 0 Å². The number of hydrogen-bond acceptors (Lipinski definition) is 2. The van der Waals surface area contributed by atoms with E-state index in [1.165, 1.54) is 19.3 Å². The van der Waals surface area contributed by atoms with E-state index in [4.69, 9.17) is 16.0 Å². The third-order valence-corrected chi connectivity index (χ3v) is 2.98. The number of nitrogens with one attached hydrogen (secondary N) is 1. The van der Waals surface area contributed by atoms with Gasteiger partial charge in [-0.15, -0.1) is 0 Å². The molecule has 0 spiro atoms. The van der Waals surface area contributed by atoms with E-state index in [0.717, 1.165) is 12.3 Å². The van der Waals surface area contributed by atoms with Gasteiger partial charge in [-0.1, -0.05) is 0 Å². The van der Waals surface area contributed by atoms with Crippen molar-refractivity contribution in [2.75, 3.05) is 0 Å². The van der Waals surface area contributed by atoms with E-state index in [-0.39, 0.29) is 0 Å². The lowest BCUT2D eigenvalue weighted by molar-refractivity contribution is 0.201. The smallest absolute Gasteiger partial charge is 0.193 e. The predicted octanol–water partition coefficient (Wildman–Crippen LogP) is 2.97. The molecule has 13 heavy (non-hydrogen) atoms. The van der Waals surface area contributed by atoms with Crippen molar-refractivity contribution < 1.29 is 4.42 Å². The molecule has 2 nitrogen and oxygen atoms in total. The van der Waals surface area contributed by atoms with Gasteiger partial charge in [-0.05, 0) is 49.9 Å². The van der Waals surface area contributed by atoms with Gasteiger partial charge in [0.15, 0.2) is 5.22 Å². The third-order valence-electron chi connectivity index (χ3n) is 2.78. The first kappa shape index (κ1) is 9.10. The maximum atomic E-state index is 5.66. The van der Waals surface area contributed by atoms with Crippen LogP contribution >= 0.6 is 11.6 Å². The first-order valence-electron chi connectivity index (χ1n) is 4.67. The van der Waals surface area contributed by atoms with Gasteiger partial charge in [0, 0.05) is 5.54 Å². The third kappa shape index (κ3) is 2.06. The second kappa shape index (κ2) is 3.35. The molecule has 0 bridgehead atoms. The van der Waals surface area contributed by atoms with Crippen LogP contribution in [-0.2, 0) is 6.54 Å². The molecule has 3 heteroatoms. The summed E-state index contributed by atoms with van der Waals surface area (Å²) in [6.07, 6.45) is 3.87. The fraction of sp³-hybridized carbons (Fsp3) is 0.600. The second-order valence-corrected chi connectivity index (χ2v) is 4.35. The van der Waals surface area contributed by atoms with E-state index < -0.39 is 0 Å². The zero-order valence-corrected chi connectivity index (χ0v) is 8.53. The van der Waals surface area contributed by atoms with E-state index >= 15 is 0 Å². The van der Waals surface area contributed by atoms with Crippen molar-refractivity contribution in [2.45, 2.75) is 38.3 Å². The fourth-order valence-corrected chi connectivity index (χ4v) is 1.79. The Hall–Kier alpha value is -0.470. The van der Waals surface area contributed by atoms with Gasteiger partial charge in [0.2, 0.25) is 0 Å². The molecule has 0 unspecified atom stereocenters. The molecule has 2 rings (SSSR count). The van der Waals surface area contributed by atoms with Crippen molar-refractivity contribution in [3.63, 3.8) is 0 Å². The zero-order chi connectivity index (χ0) is 9.31. The molecule has 1 fully saturated rings. The van der Waals surface area contributed by atoms with Gasteiger partial charge >= 0.3 is 0 Å². The largest absolute Gasteiger partial charge is 0.448 e. The lowest BCUT2D eigenvalue weighted by Crippen LogP contribution is -2.47. The Morgan fingerprint density at radius 2 is 2.31 bits per heavy atom. The molecule has 1 heterocycles. The minimum Gasteiger partial charge on any atom is -0.448 e. The molecular weight excluding hydrogens is 186 g/mol. The Balaban J connectivity index is 1.85. The van der Waals surface area contributed by atoms with E-state index in [1.807, 2.05) is 6.07 Å². The van der Waals surface area contributed by atoms with Crippen LogP contribution in [0.4, 0.5) is 0 Å². The normalized spacial score (nSPS) is 19.8. The van der Waals surface area contributed by atoms with Crippen LogP contribution in [0.5, 0.6) is 0 Å². The zero-order valence-electron chi connectivity index (χ0n) is 7.77. The summed E-state index contributed by atoms with van der Waals surface area (Å²) in [5.74, 6) is 0.915. The SMILES string of the molecule is CC1(NCc2ccc(Cl)o2)CCC1. The van der Waals surface area contributed by atoms with Gasteiger partial charge in [-0.25, -0.2) is 0 Å². The molecule has 0 aliphatic heterocycles. The van der Waals surface area contributed by atoms with Gasteiger partial charge in [-0.3, -0.25) is 0 Å². The van der Waals surface area contributed by atoms with Crippen LogP contribution in [-0.4, -0.2) is 5.54 Å². The number of halogens is 1. The Labute approximate surface area is 83.3 Å². The predicted molar refractivity (Wildman–Crippen MR) is 52.8 cm³/mol. The molecule has 1 N–H and O–H groups in total. The number of furan rings is 1. The highest BCUT2D eigenvalue weighted by Crippen LogP contribution is 2.31. The first-order valence-corrected chi connectivity index (χ1v) is 5.05. The lowest BCUT2D eigenvalue weighted by Gasteiger charge is -2.39. The summed E-state index contributed by atoms with van der Waals surface area (Å²) < 4.78 is 5.25. The van der Waals surface area contributed by atoms with Crippen LogP contribution in [0.1, 0.15) is 31.9 Å². The van der Waals surface area contributed by atoms with E-state index in [0.29, 0.717) is 10.8 Å². The molecule has 0 aromatic carbocycles. The van der Waals surface area contributed by atoms with Gasteiger partial charge in [0.1, 0.15) is 5.76 Å². The van der Waals surface area contributed by atoms with Crippen molar-refractivity contribution in [2.24, 2.45) is 0 Å². The average molecular weight is 200 g/mol. The summed E-state index contributed by atoms with van der Waals surface area (Å²) in [7, 11) is 0. The highest BCUT2D eigenvalue weighted by atomic mass is 35.5. The molecule has 0 amide bonds. The van der Waals surface area contributed by atoms with Crippen LogP contribution in [0.2, 0.25) is 5.22 Å². The van der Waals surface area contributed by atoms with Gasteiger partial charge in [-0.2, -0.15) is 0 Å². The fourth-order valence-electron chi connectivity index (χ4n) is 1.63. The first-order chi connectivity index (χ1) is 6.18. The molecular formula is C10H14ClNO. The van der Waals surface area contributed by atoms with Crippen LogP contribution in [0.15, 0.2) is 16.5 Å². The Morgan fingerprint density at radius 1 is 1.54 bits per heavy atom. The molecule has 0 radical (unpaired) electrons. The second-order valence-electron chi connectivity index (χ2n) is 3.97. The quantitative estimate of drug-likeness (QED) is 0.810. The molecule has 0 atom stereocenters. The minimum absolute atomic E-state index is 0.333. The van der Waals surface area contributed by atoms with Gasteiger partial charge in [0.05, 0.1) is 6.54 Å². The number of hydrogen-bond donors (Lipinski definition) is 1. The summed E-state index contributed by atoms with van der Waals surface area (Å²) in [4.78, 5) is 0. The Bertz CT molecular complexity index is 291. The van der Waals surface area contributed by atoms with Crippen molar-refractivity contribution >= 4 is 11.6 Å². The molecule has 72 valence electrons. The minimum atomic E-state index is 0.333. The maximum absolute atomic E-state index is 5.66. The molecule has 1 aromatic heterocycles. The Kier molecular flexibility index (Phi) is 2.35. The molecule has 1 aliphatic carbocycles. The molecule has 0 saturated heterocycles. The highest BCUT2D eigenvalue weighted by molar-refractivity contribution is 6.28. The summed E-state index contributed by atoms with van der Waals surface area (Å²) in [5, 5.41) is 3.94. The maximum Gasteiger partial charge on any atom is 0.193 e. The molecule has 1 saturated carbocycles. The average Bonchev–Trinajstić information content (AvgIpc) is 2.44. The summed E-state index contributed by atoms with van der Waals surface area (Å²) >= 11 is 5.66. The van der Waals surface area contributed by atoms with Gasteiger partial charge < -0.3 is 9.73 Å². The summed E-state index contributed by atoms with van der Waals surface area (Å²) in [5.41, 5.74) is 0.333. The standard InChI is InChI=1S/C10H14ClNO/c1-10(5-2-6-10)12-7-8-3-4-9(11)13-8/h3-4,12H,2,5-7H2,1H3. The molecule has 1 aliphatic rings. The van der Waals surface area contributed by atoms with Crippen molar-refractivity contribution in [1.29, 1.82) is 0 Å². The summed E-state index contributed by atoms with van der Waals surface area (Å²) in [6, 6.07) is 3.69. The Morgan fingerprint density at radius 3 is 2.77 bits per heavy atom. The van der Waals surface area contributed by atoms with Crippen molar-refractivity contribution in [1.82, 2.24) is 5.32 Å². The van der Waals surface area contributed by atoms with Crippen molar-refractivity contribution in [3.8, 4) is 0 Å².